The minimum atomic E-state index is -0.299. The molecule has 0 radical (unpaired) electrons. The number of halogens is 1. The van der Waals surface area contributed by atoms with Crippen LogP contribution < -0.4 is 5.32 Å². The lowest BCUT2D eigenvalue weighted by atomic mass is 10.0. The Balaban J connectivity index is 1.93. The predicted molar refractivity (Wildman–Crippen MR) is 66.4 cm³/mol. The molecule has 2 nitrogen and oxygen atoms in total. The zero-order chi connectivity index (χ0) is 12.3. The maximum Gasteiger partial charge on any atom is 0.123 e. The number of hydrogen-bond donors (Lipinski definition) is 2. The molecule has 3 heteroatoms. The van der Waals surface area contributed by atoms with Crippen LogP contribution in [0.2, 0.25) is 0 Å². The summed E-state index contributed by atoms with van der Waals surface area (Å²) in [7, 11) is 0. The minimum Gasteiger partial charge on any atom is -0.508 e. The van der Waals surface area contributed by atoms with E-state index >= 15 is 0 Å². The van der Waals surface area contributed by atoms with E-state index in [1.54, 1.807) is 0 Å². The van der Waals surface area contributed by atoms with Crippen LogP contribution in [0.3, 0.4) is 0 Å². The van der Waals surface area contributed by atoms with Crippen molar-refractivity contribution in [3.05, 3.63) is 29.6 Å². The highest BCUT2D eigenvalue weighted by molar-refractivity contribution is 5.34. The Morgan fingerprint density at radius 2 is 2.12 bits per heavy atom. The molecule has 0 aliphatic heterocycles. The summed E-state index contributed by atoms with van der Waals surface area (Å²) in [6, 6.07) is 4.09. The van der Waals surface area contributed by atoms with Crippen molar-refractivity contribution in [3.63, 3.8) is 0 Å². The molecule has 0 amide bonds. The Bertz CT molecular complexity index is 374. The molecule has 1 aromatic rings. The van der Waals surface area contributed by atoms with E-state index in [9.17, 15) is 9.50 Å². The van der Waals surface area contributed by atoms with Gasteiger partial charge in [0.2, 0.25) is 0 Å². The number of rotatable bonds is 4. The van der Waals surface area contributed by atoms with E-state index in [0.717, 1.165) is 12.5 Å². The average Bonchev–Trinajstić information content (AvgIpc) is 2.82. The second kappa shape index (κ2) is 5.50. The van der Waals surface area contributed by atoms with Gasteiger partial charge in [-0.2, -0.15) is 0 Å². The molecule has 94 valence electrons. The van der Waals surface area contributed by atoms with Gasteiger partial charge in [0.25, 0.3) is 0 Å². The lowest BCUT2D eigenvalue weighted by Crippen LogP contribution is -2.24. The third-order valence-electron chi connectivity index (χ3n) is 3.64. The van der Waals surface area contributed by atoms with E-state index in [4.69, 9.17) is 0 Å². The van der Waals surface area contributed by atoms with Gasteiger partial charge >= 0.3 is 0 Å². The van der Waals surface area contributed by atoms with Crippen LogP contribution in [-0.2, 0) is 0 Å². The van der Waals surface area contributed by atoms with Crippen molar-refractivity contribution in [3.8, 4) is 5.75 Å². The van der Waals surface area contributed by atoms with Crippen LogP contribution in [0.4, 0.5) is 4.39 Å². The molecule has 1 fully saturated rings. The van der Waals surface area contributed by atoms with E-state index in [2.05, 4.69) is 5.32 Å². The second-order valence-corrected chi connectivity index (χ2v) is 4.98. The number of phenolic OH excluding ortho intramolecular Hbond substituents is 1. The Labute approximate surface area is 102 Å². The van der Waals surface area contributed by atoms with E-state index in [0.29, 0.717) is 5.56 Å². The highest BCUT2D eigenvalue weighted by atomic mass is 19.1. The van der Waals surface area contributed by atoms with Crippen molar-refractivity contribution >= 4 is 0 Å². The number of phenols is 1. The fraction of sp³-hybridized carbons (Fsp3) is 0.571. The van der Waals surface area contributed by atoms with Crippen molar-refractivity contribution in [1.82, 2.24) is 5.32 Å². The average molecular weight is 237 g/mol. The van der Waals surface area contributed by atoms with Gasteiger partial charge in [-0.3, -0.25) is 0 Å². The molecule has 1 atom stereocenters. The number of nitrogens with one attached hydrogen (secondary N) is 1. The number of hydrogen-bond acceptors (Lipinski definition) is 2. The molecule has 0 heterocycles. The molecule has 0 aromatic heterocycles. The summed E-state index contributed by atoms with van der Waals surface area (Å²) in [4.78, 5) is 0. The molecular formula is C14H20FNO. The van der Waals surface area contributed by atoms with Gasteiger partial charge in [0.15, 0.2) is 0 Å². The fourth-order valence-electron chi connectivity index (χ4n) is 2.54. The normalized spacial score (nSPS) is 18.5. The second-order valence-electron chi connectivity index (χ2n) is 4.98. The molecule has 17 heavy (non-hydrogen) atoms. The molecule has 0 saturated heterocycles. The Morgan fingerprint density at radius 3 is 2.82 bits per heavy atom. The summed E-state index contributed by atoms with van der Waals surface area (Å²) in [6.45, 7) is 2.92. The standard InChI is InChI=1S/C14H20FNO/c1-10(16-9-11-4-2-3-5-11)13-8-12(15)6-7-14(13)17/h6-8,10-11,16-17H,2-5,9H2,1H3. The molecule has 2 N–H and O–H groups in total. The summed E-state index contributed by atoms with van der Waals surface area (Å²) in [5, 5.41) is 13.1. The summed E-state index contributed by atoms with van der Waals surface area (Å²) < 4.78 is 13.1. The molecular weight excluding hydrogens is 217 g/mol. The highest BCUT2D eigenvalue weighted by Crippen LogP contribution is 2.27. The van der Waals surface area contributed by atoms with Crippen molar-refractivity contribution in [2.75, 3.05) is 6.54 Å². The molecule has 1 aliphatic rings. The van der Waals surface area contributed by atoms with Crippen molar-refractivity contribution in [2.24, 2.45) is 5.92 Å². The van der Waals surface area contributed by atoms with Crippen LogP contribution >= 0.6 is 0 Å². The van der Waals surface area contributed by atoms with Crippen LogP contribution in [0, 0.1) is 11.7 Å². The van der Waals surface area contributed by atoms with Gasteiger partial charge < -0.3 is 10.4 Å². The van der Waals surface area contributed by atoms with Gasteiger partial charge in [0.1, 0.15) is 11.6 Å². The van der Waals surface area contributed by atoms with Crippen LogP contribution in [0.15, 0.2) is 18.2 Å². The van der Waals surface area contributed by atoms with Gasteiger partial charge in [-0.05, 0) is 50.4 Å². The first kappa shape index (κ1) is 12.4. The molecule has 1 aromatic carbocycles. The smallest absolute Gasteiger partial charge is 0.123 e. The van der Waals surface area contributed by atoms with Crippen LogP contribution in [0.5, 0.6) is 5.75 Å². The SMILES string of the molecule is CC(NCC1CCCC1)c1cc(F)ccc1O. The van der Waals surface area contributed by atoms with Crippen molar-refractivity contribution in [2.45, 2.75) is 38.6 Å². The predicted octanol–water partition coefficient (Wildman–Crippen LogP) is 3.37. The Kier molecular flexibility index (Phi) is 4.00. The van der Waals surface area contributed by atoms with Crippen LogP contribution in [0.1, 0.15) is 44.2 Å². The first-order valence-corrected chi connectivity index (χ1v) is 6.38. The molecule has 0 bridgehead atoms. The van der Waals surface area contributed by atoms with Gasteiger partial charge in [0, 0.05) is 11.6 Å². The summed E-state index contributed by atoms with van der Waals surface area (Å²) in [6.07, 6.45) is 5.22. The first-order chi connectivity index (χ1) is 8.16. The fourth-order valence-corrected chi connectivity index (χ4v) is 2.54. The Morgan fingerprint density at radius 1 is 1.41 bits per heavy atom. The minimum absolute atomic E-state index is 0.00806. The largest absolute Gasteiger partial charge is 0.508 e. The highest BCUT2D eigenvalue weighted by Gasteiger charge is 2.17. The van der Waals surface area contributed by atoms with Crippen LogP contribution in [-0.4, -0.2) is 11.7 Å². The lowest BCUT2D eigenvalue weighted by molar-refractivity contribution is 0.425. The third kappa shape index (κ3) is 3.19. The number of aromatic hydroxyl groups is 1. The van der Waals surface area contributed by atoms with E-state index < -0.39 is 0 Å². The Hall–Kier alpha value is -1.09. The zero-order valence-electron chi connectivity index (χ0n) is 10.2. The van der Waals surface area contributed by atoms with E-state index in [-0.39, 0.29) is 17.6 Å². The van der Waals surface area contributed by atoms with Crippen molar-refractivity contribution < 1.29 is 9.50 Å². The summed E-state index contributed by atoms with van der Waals surface area (Å²) in [5.41, 5.74) is 0.642. The summed E-state index contributed by atoms with van der Waals surface area (Å²) in [5.74, 6) is 0.610. The first-order valence-electron chi connectivity index (χ1n) is 6.38. The van der Waals surface area contributed by atoms with E-state index in [1.807, 2.05) is 6.92 Å². The molecule has 1 unspecified atom stereocenters. The van der Waals surface area contributed by atoms with E-state index in [1.165, 1.54) is 43.9 Å². The maximum atomic E-state index is 13.1. The maximum absolute atomic E-state index is 13.1. The van der Waals surface area contributed by atoms with Gasteiger partial charge in [0.05, 0.1) is 0 Å². The lowest BCUT2D eigenvalue weighted by Gasteiger charge is -2.18. The quantitative estimate of drug-likeness (QED) is 0.841. The van der Waals surface area contributed by atoms with Gasteiger partial charge in [-0.15, -0.1) is 0 Å². The molecule has 1 saturated carbocycles. The monoisotopic (exact) mass is 237 g/mol. The van der Waals surface area contributed by atoms with Gasteiger partial charge in [-0.1, -0.05) is 12.8 Å². The van der Waals surface area contributed by atoms with Gasteiger partial charge in [-0.25, -0.2) is 4.39 Å². The van der Waals surface area contributed by atoms with Crippen LogP contribution in [0.25, 0.3) is 0 Å². The molecule has 2 rings (SSSR count). The topological polar surface area (TPSA) is 32.3 Å². The van der Waals surface area contributed by atoms with Crippen molar-refractivity contribution in [1.29, 1.82) is 0 Å². The third-order valence-corrected chi connectivity index (χ3v) is 3.64. The molecule has 1 aliphatic carbocycles. The zero-order valence-corrected chi connectivity index (χ0v) is 10.2. The molecule has 0 spiro atoms. The summed E-state index contributed by atoms with van der Waals surface area (Å²) >= 11 is 0. The number of benzene rings is 1.